The van der Waals surface area contributed by atoms with Gasteiger partial charge >= 0.3 is 5.97 Å². The fraction of sp³-hybridized carbons (Fsp3) is 0.471. The Kier molecular flexibility index (Phi) is 5.36. The lowest BCUT2D eigenvalue weighted by Gasteiger charge is -2.30. The van der Waals surface area contributed by atoms with E-state index in [0.29, 0.717) is 43.6 Å². The summed E-state index contributed by atoms with van der Waals surface area (Å²) >= 11 is 0. The van der Waals surface area contributed by atoms with Gasteiger partial charge in [0, 0.05) is 37.8 Å². The number of amides is 2. The van der Waals surface area contributed by atoms with E-state index < -0.39 is 5.97 Å². The molecule has 1 aromatic rings. The van der Waals surface area contributed by atoms with Crippen LogP contribution in [0.15, 0.2) is 24.3 Å². The molecule has 6 nitrogen and oxygen atoms in total. The van der Waals surface area contributed by atoms with E-state index in [2.05, 4.69) is 0 Å². The molecule has 0 atom stereocenters. The molecule has 1 aromatic carbocycles. The molecule has 1 N–H and O–H groups in total. The summed E-state index contributed by atoms with van der Waals surface area (Å²) in [5.74, 6) is -1.44. The molecule has 0 saturated carbocycles. The molecule has 2 rings (SSSR count). The number of carboxylic acid groups (broad SMARTS) is 1. The van der Waals surface area contributed by atoms with Crippen molar-refractivity contribution in [2.75, 3.05) is 26.7 Å². The van der Waals surface area contributed by atoms with Crippen molar-refractivity contribution in [2.24, 2.45) is 5.92 Å². The average molecular weight is 318 g/mol. The van der Waals surface area contributed by atoms with Gasteiger partial charge in [0.25, 0.3) is 11.8 Å². The molecule has 2 amide bonds. The number of aliphatic carboxylic acids is 1. The van der Waals surface area contributed by atoms with E-state index in [4.69, 9.17) is 5.11 Å². The average Bonchev–Trinajstić information content (AvgIpc) is 2.59. The van der Waals surface area contributed by atoms with Crippen molar-refractivity contribution < 1.29 is 19.5 Å². The Labute approximate surface area is 135 Å². The summed E-state index contributed by atoms with van der Waals surface area (Å²) in [6.07, 6.45) is 0.941. The van der Waals surface area contributed by atoms with Gasteiger partial charge in [0.2, 0.25) is 0 Å². The van der Waals surface area contributed by atoms with Gasteiger partial charge in [-0.15, -0.1) is 0 Å². The highest BCUT2D eigenvalue weighted by molar-refractivity contribution is 5.99. The van der Waals surface area contributed by atoms with Gasteiger partial charge in [-0.3, -0.25) is 14.4 Å². The topological polar surface area (TPSA) is 77.9 Å². The van der Waals surface area contributed by atoms with E-state index in [0.717, 1.165) is 0 Å². The van der Waals surface area contributed by atoms with Crippen LogP contribution < -0.4 is 0 Å². The molecule has 1 heterocycles. The molecule has 0 aliphatic carbocycles. The quantitative estimate of drug-likeness (QED) is 0.917. The first-order chi connectivity index (χ1) is 10.9. The number of nitrogens with zero attached hydrogens (tertiary/aromatic N) is 2. The molecular weight excluding hydrogens is 296 g/mol. The largest absolute Gasteiger partial charge is 0.481 e. The highest BCUT2D eigenvalue weighted by Crippen LogP contribution is 2.19. The molecule has 0 aromatic heterocycles. The third-order valence-electron chi connectivity index (χ3n) is 4.31. The number of likely N-dealkylation sites (tertiary alicyclic amines) is 1. The summed E-state index contributed by atoms with van der Waals surface area (Å²) in [6.45, 7) is 3.35. The minimum absolute atomic E-state index is 0.119. The summed E-state index contributed by atoms with van der Waals surface area (Å²) in [6, 6.07) is 6.70. The molecule has 0 radical (unpaired) electrons. The Hall–Kier alpha value is -2.37. The lowest BCUT2D eigenvalue weighted by atomic mass is 9.96. The first-order valence-corrected chi connectivity index (χ1v) is 7.81. The molecular formula is C17H22N2O4. The van der Waals surface area contributed by atoms with Crippen LogP contribution in [0.1, 0.15) is 40.5 Å². The number of carbonyl (C=O) groups excluding carboxylic acids is 2. The van der Waals surface area contributed by atoms with Gasteiger partial charge in [-0.2, -0.15) is 0 Å². The zero-order valence-corrected chi connectivity index (χ0v) is 13.5. The zero-order chi connectivity index (χ0) is 17.0. The van der Waals surface area contributed by atoms with E-state index >= 15 is 0 Å². The number of carboxylic acids is 1. The highest BCUT2D eigenvalue weighted by Gasteiger charge is 2.27. The van der Waals surface area contributed by atoms with Crippen LogP contribution in [0.3, 0.4) is 0 Å². The van der Waals surface area contributed by atoms with E-state index in [1.54, 1.807) is 41.1 Å². The monoisotopic (exact) mass is 318 g/mol. The predicted octanol–water partition coefficient (Wildman–Crippen LogP) is 1.72. The van der Waals surface area contributed by atoms with Crippen molar-refractivity contribution in [3.8, 4) is 0 Å². The Morgan fingerprint density at radius 2 is 1.83 bits per heavy atom. The number of carbonyl (C=O) groups is 3. The Morgan fingerprint density at radius 3 is 2.39 bits per heavy atom. The summed E-state index contributed by atoms with van der Waals surface area (Å²) in [5.41, 5.74) is 0.953. The summed E-state index contributed by atoms with van der Waals surface area (Å²) < 4.78 is 0. The molecule has 0 spiro atoms. The Balaban J connectivity index is 2.09. The summed E-state index contributed by atoms with van der Waals surface area (Å²) in [7, 11) is 1.72. The molecule has 1 saturated heterocycles. The van der Waals surface area contributed by atoms with Gasteiger partial charge < -0.3 is 14.9 Å². The molecule has 23 heavy (non-hydrogen) atoms. The van der Waals surface area contributed by atoms with Crippen LogP contribution in [0, 0.1) is 5.92 Å². The smallest absolute Gasteiger partial charge is 0.306 e. The standard InChI is InChI=1S/C17H22N2O4/c1-3-18(2)15(20)13-5-4-6-14(11-13)16(21)19-9-7-12(8-10-19)17(22)23/h4-6,11-12H,3,7-10H2,1-2H3,(H,22,23). The van der Waals surface area contributed by atoms with E-state index in [9.17, 15) is 14.4 Å². The van der Waals surface area contributed by atoms with Crippen molar-refractivity contribution in [1.29, 1.82) is 0 Å². The second kappa shape index (κ2) is 7.26. The molecule has 1 fully saturated rings. The molecule has 6 heteroatoms. The number of hydrogen-bond acceptors (Lipinski definition) is 3. The molecule has 0 bridgehead atoms. The predicted molar refractivity (Wildman–Crippen MR) is 85.3 cm³/mol. The van der Waals surface area contributed by atoms with Crippen LogP contribution in [-0.4, -0.2) is 59.4 Å². The van der Waals surface area contributed by atoms with Crippen LogP contribution in [0.2, 0.25) is 0 Å². The number of hydrogen-bond donors (Lipinski definition) is 1. The molecule has 0 unspecified atom stereocenters. The lowest BCUT2D eigenvalue weighted by molar-refractivity contribution is -0.143. The van der Waals surface area contributed by atoms with Gasteiger partial charge in [-0.1, -0.05) is 6.07 Å². The first kappa shape index (κ1) is 17.0. The maximum absolute atomic E-state index is 12.5. The van der Waals surface area contributed by atoms with Crippen molar-refractivity contribution in [1.82, 2.24) is 9.80 Å². The van der Waals surface area contributed by atoms with Crippen LogP contribution in [-0.2, 0) is 4.79 Å². The van der Waals surface area contributed by atoms with Gasteiger partial charge in [0.05, 0.1) is 5.92 Å². The summed E-state index contributed by atoms with van der Waals surface area (Å²) in [4.78, 5) is 38.9. The minimum Gasteiger partial charge on any atom is -0.481 e. The van der Waals surface area contributed by atoms with Crippen LogP contribution in [0.5, 0.6) is 0 Å². The van der Waals surface area contributed by atoms with Crippen LogP contribution in [0.25, 0.3) is 0 Å². The van der Waals surface area contributed by atoms with Crippen molar-refractivity contribution in [3.05, 3.63) is 35.4 Å². The number of rotatable bonds is 4. The van der Waals surface area contributed by atoms with E-state index in [1.165, 1.54) is 0 Å². The Morgan fingerprint density at radius 1 is 1.22 bits per heavy atom. The van der Waals surface area contributed by atoms with Gasteiger partial charge in [0.15, 0.2) is 0 Å². The zero-order valence-electron chi connectivity index (χ0n) is 13.5. The van der Waals surface area contributed by atoms with Gasteiger partial charge in [0.1, 0.15) is 0 Å². The first-order valence-electron chi connectivity index (χ1n) is 7.81. The number of benzene rings is 1. The third kappa shape index (κ3) is 3.88. The van der Waals surface area contributed by atoms with Crippen LogP contribution >= 0.6 is 0 Å². The van der Waals surface area contributed by atoms with E-state index in [-0.39, 0.29) is 17.7 Å². The lowest BCUT2D eigenvalue weighted by Crippen LogP contribution is -2.40. The molecule has 124 valence electrons. The van der Waals surface area contributed by atoms with Gasteiger partial charge in [-0.25, -0.2) is 0 Å². The maximum atomic E-state index is 12.5. The van der Waals surface area contributed by atoms with Crippen molar-refractivity contribution in [2.45, 2.75) is 19.8 Å². The fourth-order valence-corrected chi connectivity index (χ4v) is 2.66. The van der Waals surface area contributed by atoms with Crippen molar-refractivity contribution in [3.63, 3.8) is 0 Å². The normalized spacial score (nSPS) is 15.3. The Bertz CT molecular complexity index is 606. The number of piperidine rings is 1. The van der Waals surface area contributed by atoms with Crippen LogP contribution in [0.4, 0.5) is 0 Å². The molecule has 1 aliphatic heterocycles. The SMILES string of the molecule is CCN(C)C(=O)c1cccc(C(=O)N2CCC(C(=O)O)CC2)c1. The second-order valence-electron chi connectivity index (χ2n) is 5.80. The molecule has 1 aliphatic rings. The minimum atomic E-state index is -0.799. The highest BCUT2D eigenvalue weighted by atomic mass is 16.4. The fourth-order valence-electron chi connectivity index (χ4n) is 2.66. The maximum Gasteiger partial charge on any atom is 0.306 e. The van der Waals surface area contributed by atoms with Gasteiger partial charge in [-0.05, 0) is 38.0 Å². The third-order valence-corrected chi connectivity index (χ3v) is 4.31. The second-order valence-corrected chi connectivity index (χ2v) is 5.80. The van der Waals surface area contributed by atoms with E-state index in [1.807, 2.05) is 6.92 Å². The summed E-state index contributed by atoms with van der Waals surface area (Å²) in [5, 5.41) is 9.01. The van der Waals surface area contributed by atoms with Crippen molar-refractivity contribution >= 4 is 17.8 Å².